The van der Waals surface area contributed by atoms with E-state index >= 15 is 0 Å². The molecule has 6 nitrogen and oxygen atoms in total. The summed E-state index contributed by atoms with van der Waals surface area (Å²) in [6, 6.07) is 13.6. The van der Waals surface area contributed by atoms with Crippen molar-refractivity contribution in [3.63, 3.8) is 0 Å². The number of hydrogen-bond donors (Lipinski definition) is 3. The van der Waals surface area contributed by atoms with Crippen LogP contribution in [0.15, 0.2) is 42.5 Å². The number of amides is 3. The predicted molar refractivity (Wildman–Crippen MR) is 111 cm³/mol. The number of anilines is 3. The summed E-state index contributed by atoms with van der Waals surface area (Å²) in [5, 5.41) is 9.33. The predicted octanol–water partition coefficient (Wildman–Crippen LogP) is 3.52. The minimum absolute atomic E-state index is 0.0521. The molecule has 0 spiro atoms. The summed E-state index contributed by atoms with van der Waals surface area (Å²) in [5.41, 5.74) is 5.37. The average Bonchev–Trinajstić information content (AvgIpc) is 2.86. The van der Waals surface area contributed by atoms with Gasteiger partial charge in [0.1, 0.15) is 6.04 Å². The highest BCUT2D eigenvalue weighted by molar-refractivity contribution is 5.95. The van der Waals surface area contributed by atoms with Crippen LogP contribution in [0.1, 0.15) is 25.0 Å². The monoisotopic (exact) mass is 378 g/mol. The van der Waals surface area contributed by atoms with Crippen LogP contribution in [0.5, 0.6) is 0 Å². The molecular weight excluding hydrogens is 352 g/mol. The molecule has 146 valence electrons. The molecule has 28 heavy (non-hydrogen) atoms. The summed E-state index contributed by atoms with van der Waals surface area (Å²) >= 11 is 0. The summed E-state index contributed by atoms with van der Waals surface area (Å²) < 4.78 is 0. The molecule has 0 bridgehead atoms. The first kappa shape index (κ1) is 18.3. The van der Waals surface area contributed by atoms with Gasteiger partial charge < -0.3 is 20.9 Å². The largest absolute Gasteiger partial charge is 0.355 e. The lowest BCUT2D eigenvalue weighted by Crippen LogP contribution is -2.60. The third kappa shape index (κ3) is 3.54. The van der Waals surface area contributed by atoms with Gasteiger partial charge in [-0.25, -0.2) is 4.79 Å². The molecule has 1 atom stereocenters. The highest BCUT2D eigenvalue weighted by Crippen LogP contribution is 2.32. The van der Waals surface area contributed by atoms with Gasteiger partial charge in [0.25, 0.3) is 0 Å². The van der Waals surface area contributed by atoms with Crippen molar-refractivity contribution in [2.45, 2.75) is 32.7 Å². The van der Waals surface area contributed by atoms with Crippen LogP contribution in [0.3, 0.4) is 0 Å². The lowest BCUT2D eigenvalue weighted by atomic mass is 10.00. The van der Waals surface area contributed by atoms with Gasteiger partial charge in [0, 0.05) is 30.2 Å². The fourth-order valence-electron chi connectivity index (χ4n) is 4.03. The van der Waals surface area contributed by atoms with E-state index in [1.165, 1.54) is 11.1 Å². The Morgan fingerprint density at radius 2 is 1.86 bits per heavy atom. The van der Waals surface area contributed by atoms with Crippen molar-refractivity contribution in [3.05, 3.63) is 53.6 Å². The zero-order valence-electron chi connectivity index (χ0n) is 16.3. The molecule has 2 heterocycles. The summed E-state index contributed by atoms with van der Waals surface area (Å²) in [4.78, 5) is 26.7. The Balaban J connectivity index is 1.54. The Morgan fingerprint density at radius 3 is 2.64 bits per heavy atom. The van der Waals surface area contributed by atoms with Gasteiger partial charge in [-0.1, -0.05) is 38.1 Å². The minimum Gasteiger partial charge on any atom is -0.355 e. The number of benzene rings is 2. The van der Waals surface area contributed by atoms with E-state index in [2.05, 4.69) is 40.2 Å². The van der Waals surface area contributed by atoms with E-state index in [4.69, 9.17) is 0 Å². The maximum absolute atomic E-state index is 12.9. The number of para-hydroxylation sites is 1. The zero-order chi connectivity index (χ0) is 19.7. The number of aryl methyl sites for hydroxylation is 2. The highest BCUT2D eigenvalue weighted by atomic mass is 16.2. The number of nitrogens with one attached hydrogen (secondary N) is 3. The molecule has 0 unspecified atom stereocenters. The van der Waals surface area contributed by atoms with Crippen LogP contribution < -0.4 is 16.0 Å². The average molecular weight is 378 g/mol. The third-order valence-electron chi connectivity index (χ3n) is 5.46. The maximum atomic E-state index is 12.9. The van der Waals surface area contributed by atoms with Crippen LogP contribution >= 0.6 is 0 Å². The number of urea groups is 1. The molecule has 0 aliphatic carbocycles. The van der Waals surface area contributed by atoms with E-state index in [1.54, 1.807) is 4.90 Å². The molecule has 2 aliphatic heterocycles. The summed E-state index contributed by atoms with van der Waals surface area (Å²) in [6.45, 7) is 4.91. The van der Waals surface area contributed by atoms with Crippen molar-refractivity contribution >= 4 is 29.0 Å². The summed E-state index contributed by atoms with van der Waals surface area (Å²) in [6.07, 6.45) is 1.94. The second-order valence-electron chi connectivity index (χ2n) is 7.76. The molecule has 2 aliphatic rings. The second kappa shape index (κ2) is 7.54. The maximum Gasteiger partial charge on any atom is 0.322 e. The molecule has 0 aromatic heterocycles. The van der Waals surface area contributed by atoms with E-state index in [0.717, 1.165) is 29.9 Å². The van der Waals surface area contributed by atoms with Crippen molar-refractivity contribution in [1.29, 1.82) is 0 Å². The van der Waals surface area contributed by atoms with Crippen LogP contribution in [0.4, 0.5) is 21.9 Å². The van der Waals surface area contributed by atoms with Gasteiger partial charge in [-0.3, -0.25) is 4.79 Å². The van der Waals surface area contributed by atoms with E-state index in [9.17, 15) is 9.59 Å². The number of hydrogen-bond acceptors (Lipinski definition) is 3. The van der Waals surface area contributed by atoms with Crippen LogP contribution in [0.2, 0.25) is 0 Å². The van der Waals surface area contributed by atoms with Crippen molar-refractivity contribution in [2.24, 2.45) is 5.92 Å². The van der Waals surface area contributed by atoms with E-state index in [-0.39, 0.29) is 17.9 Å². The van der Waals surface area contributed by atoms with Gasteiger partial charge in [-0.2, -0.15) is 0 Å². The molecule has 0 radical (unpaired) electrons. The van der Waals surface area contributed by atoms with Gasteiger partial charge in [-0.05, 0) is 48.1 Å². The minimum atomic E-state index is -0.445. The molecule has 3 N–H and O–H groups in total. The van der Waals surface area contributed by atoms with Crippen LogP contribution in [0.25, 0.3) is 0 Å². The molecule has 1 fully saturated rings. The van der Waals surface area contributed by atoms with Crippen LogP contribution in [-0.4, -0.2) is 36.0 Å². The Hall–Kier alpha value is -3.02. The van der Waals surface area contributed by atoms with E-state index in [0.29, 0.717) is 13.1 Å². The van der Waals surface area contributed by atoms with Crippen molar-refractivity contribution < 1.29 is 9.59 Å². The number of fused-ring (bicyclic) bond motifs is 2. The second-order valence-corrected chi connectivity index (χ2v) is 7.76. The van der Waals surface area contributed by atoms with Crippen molar-refractivity contribution in [2.75, 3.05) is 23.7 Å². The molecule has 2 aromatic rings. The van der Waals surface area contributed by atoms with Crippen molar-refractivity contribution in [1.82, 2.24) is 10.2 Å². The topological polar surface area (TPSA) is 73.5 Å². The van der Waals surface area contributed by atoms with Gasteiger partial charge in [-0.15, -0.1) is 0 Å². The summed E-state index contributed by atoms with van der Waals surface area (Å²) in [5.74, 6) is -0.0344. The molecule has 2 aromatic carbocycles. The lowest BCUT2D eigenvalue weighted by molar-refractivity contribution is -0.129. The van der Waals surface area contributed by atoms with Gasteiger partial charge in [0.05, 0.1) is 0 Å². The number of carbonyl (C=O) groups excluding carboxylic acids is 2. The molecule has 1 saturated heterocycles. The van der Waals surface area contributed by atoms with Gasteiger partial charge in [0.2, 0.25) is 5.91 Å². The normalized spacial score (nSPS) is 18.5. The molecule has 4 rings (SSSR count). The smallest absolute Gasteiger partial charge is 0.322 e. The fraction of sp³-hybridized carbons (Fsp3) is 0.364. The Labute approximate surface area is 165 Å². The number of carbonyl (C=O) groups is 2. The first-order valence-corrected chi connectivity index (χ1v) is 9.86. The Morgan fingerprint density at radius 1 is 1.11 bits per heavy atom. The Bertz CT molecular complexity index is 909. The van der Waals surface area contributed by atoms with E-state index in [1.807, 2.05) is 32.0 Å². The quantitative estimate of drug-likeness (QED) is 0.749. The number of rotatable bonds is 2. The SMILES string of the molecule is CC(C)[C@H]1C(=O)NCCN1C(=O)Nc1ccc2c(c1)Nc1ccccc1CC2. The first-order valence-electron chi connectivity index (χ1n) is 9.86. The lowest BCUT2D eigenvalue weighted by Gasteiger charge is -2.37. The van der Waals surface area contributed by atoms with Gasteiger partial charge in [0.15, 0.2) is 0 Å². The molecular formula is C22H26N4O2. The molecule has 0 saturated carbocycles. The fourth-order valence-corrected chi connectivity index (χ4v) is 4.03. The van der Waals surface area contributed by atoms with E-state index < -0.39 is 6.04 Å². The van der Waals surface area contributed by atoms with Crippen LogP contribution in [-0.2, 0) is 17.6 Å². The zero-order valence-corrected chi connectivity index (χ0v) is 16.3. The standard InChI is InChI=1S/C22H26N4O2/c1-14(2)20-21(27)23-11-12-26(20)22(28)24-17-10-9-16-8-7-15-5-3-4-6-18(15)25-19(16)13-17/h3-6,9-10,13-14,20,25H,7-8,11-12H2,1-2H3,(H,23,27)(H,24,28)/t20-/m0/s1. The van der Waals surface area contributed by atoms with Gasteiger partial charge >= 0.3 is 6.03 Å². The molecule has 3 amide bonds. The first-order chi connectivity index (χ1) is 13.5. The van der Waals surface area contributed by atoms with Crippen molar-refractivity contribution in [3.8, 4) is 0 Å². The van der Waals surface area contributed by atoms with Crippen LogP contribution in [0, 0.1) is 5.92 Å². The molecule has 6 heteroatoms. The number of piperazine rings is 1. The highest BCUT2D eigenvalue weighted by Gasteiger charge is 2.35. The summed E-state index contributed by atoms with van der Waals surface area (Å²) in [7, 11) is 0. The Kier molecular flexibility index (Phi) is 4.94. The third-order valence-corrected chi connectivity index (χ3v) is 5.46. The number of nitrogens with zero attached hydrogens (tertiary/aromatic N) is 1.